The first-order valence-electron chi connectivity index (χ1n) is 10.5. The number of nitrogens with one attached hydrogen (secondary N) is 1. The predicted octanol–water partition coefficient (Wildman–Crippen LogP) is 5.58. The van der Waals surface area contributed by atoms with Gasteiger partial charge in [-0.05, 0) is 37.3 Å². The van der Waals surface area contributed by atoms with Gasteiger partial charge in [0.25, 0.3) is 5.91 Å². The summed E-state index contributed by atoms with van der Waals surface area (Å²) in [6.45, 7) is 5.23. The molecule has 4 aromatic rings. The number of hydrogen-bond acceptors (Lipinski definition) is 7. The van der Waals surface area contributed by atoms with Crippen LogP contribution in [0.25, 0.3) is 11.0 Å². The summed E-state index contributed by atoms with van der Waals surface area (Å²) in [5.74, 6) is 0.721. The molecule has 0 spiro atoms. The van der Waals surface area contributed by atoms with Gasteiger partial charge in [-0.2, -0.15) is 0 Å². The second-order valence-electron chi connectivity index (χ2n) is 7.55. The van der Waals surface area contributed by atoms with E-state index in [1.54, 1.807) is 23.1 Å². The molecule has 1 amide bonds. The molecule has 0 unspecified atom stereocenters. The molecule has 1 N–H and O–H groups in total. The van der Waals surface area contributed by atoms with Gasteiger partial charge in [0.2, 0.25) is 0 Å². The molecule has 0 atom stereocenters. The Hall–Kier alpha value is -2.81. The number of hydrogen-bond donors (Lipinski definition) is 1. The molecular weight excluding hydrogens is 442 g/mol. The number of para-hydroxylation sites is 1. The Morgan fingerprint density at radius 3 is 2.69 bits per heavy atom. The molecule has 0 radical (unpaired) electrons. The highest BCUT2D eigenvalue weighted by Gasteiger charge is 2.21. The second-order valence-corrected chi connectivity index (χ2v) is 9.63. The number of thiazole rings is 1. The van der Waals surface area contributed by atoms with Crippen LogP contribution in [-0.4, -0.2) is 37.2 Å². The molecule has 2 aromatic heterocycles. The lowest BCUT2D eigenvalue weighted by Crippen LogP contribution is -2.36. The molecule has 8 heteroatoms. The molecule has 1 saturated heterocycles. The first-order valence-corrected chi connectivity index (χ1v) is 12.3. The zero-order valence-electron chi connectivity index (χ0n) is 17.7. The number of anilines is 2. The van der Waals surface area contributed by atoms with Crippen LogP contribution in [0.15, 0.2) is 62.7 Å². The lowest BCUT2D eigenvalue weighted by atomic mass is 10.1. The monoisotopic (exact) mass is 465 g/mol. The van der Waals surface area contributed by atoms with Gasteiger partial charge in [-0.25, -0.2) is 4.98 Å². The van der Waals surface area contributed by atoms with Gasteiger partial charge in [0.1, 0.15) is 9.92 Å². The molecule has 1 aliphatic heterocycles. The van der Waals surface area contributed by atoms with Crippen LogP contribution in [0, 0.1) is 6.92 Å². The number of morpholine rings is 1. The van der Waals surface area contributed by atoms with E-state index >= 15 is 0 Å². The van der Waals surface area contributed by atoms with Gasteiger partial charge in [-0.15, -0.1) is 11.3 Å². The van der Waals surface area contributed by atoms with E-state index in [4.69, 9.17) is 9.15 Å². The Morgan fingerprint density at radius 2 is 1.94 bits per heavy atom. The lowest BCUT2D eigenvalue weighted by molar-refractivity contribution is 0.0998. The number of carbonyl (C=O) groups excluding carboxylic acids is 1. The molecule has 1 fully saturated rings. The largest absolute Gasteiger partial charge is 0.451 e. The number of aryl methyl sites for hydroxylation is 1. The minimum Gasteiger partial charge on any atom is -0.451 e. The quantitative estimate of drug-likeness (QED) is 0.375. The summed E-state index contributed by atoms with van der Waals surface area (Å²) in [7, 11) is 0. The predicted molar refractivity (Wildman–Crippen MR) is 130 cm³/mol. The smallest absolute Gasteiger partial charge is 0.291 e. The fraction of sp³-hybridized carbons (Fsp3) is 0.250. The Balaban J connectivity index is 1.35. The number of ether oxygens (including phenoxy) is 1. The lowest BCUT2D eigenvalue weighted by Gasteiger charge is -2.28. The van der Waals surface area contributed by atoms with Crippen molar-refractivity contribution < 1.29 is 13.9 Å². The number of amides is 1. The average molecular weight is 466 g/mol. The van der Waals surface area contributed by atoms with E-state index in [0.717, 1.165) is 58.7 Å². The maximum absolute atomic E-state index is 13.2. The minimum absolute atomic E-state index is 0.244. The van der Waals surface area contributed by atoms with Crippen LogP contribution < -0.4 is 10.2 Å². The number of carbonyl (C=O) groups is 1. The topological polar surface area (TPSA) is 67.6 Å². The number of benzene rings is 2. The van der Waals surface area contributed by atoms with E-state index in [2.05, 4.69) is 15.2 Å². The van der Waals surface area contributed by atoms with Gasteiger partial charge in [-0.1, -0.05) is 30.0 Å². The van der Waals surface area contributed by atoms with Crippen molar-refractivity contribution in [1.29, 1.82) is 0 Å². The molecule has 0 bridgehead atoms. The van der Waals surface area contributed by atoms with Crippen LogP contribution in [0.3, 0.4) is 0 Å². The highest BCUT2D eigenvalue weighted by Crippen LogP contribution is 2.33. The Morgan fingerprint density at radius 1 is 1.16 bits per heavy atom. The van der Waals surface area contributed by atoms with Crippen LogP contribution in [0.4, 0.5) is 11.4 Å². The van der Waals surface area contributed by atoms with Gasteiger partial charge < -0.3 is 19.4 Å². The van der Waals surface area contributed by atoms with Crippen molar-refractivity contribution in [2.24, 2.45) is 0 Å². The first-order chi connectivity index (χ1) is 15.7. The summed E-state index contributed by atoms with van der Waals surface area (Å²) in [5, 5.41) is 5.98. The summed E-state index contributed by atoms with van der Waals surface area (Å²) in [4.78, 5) is 20.0. The van der Waals surface area contributed by atoms with Crippen molar-refractivity contribution in [3.63, 3.8) is 0 Å². The summed E-state index contributed by atoms with van der Waals surface area (Å²) >= 11 is 3.24. The molecular formula is C24H23N3O3S2. The number of thioether (sulfide) groups is 1. The first kappa shape index (κ1) is 21.1. The minimum atomic E-state index is -0.244. The second kappa shape index (κ2) is 9.36. The third-order valence-corrected chi connectivity index (χ3v) is 7.51. The summed E-state index contributed by atoms with van der Waals surface area (Å²) in [6, 6.07) is 15.7. The van der Waals surface area contributed by atoms with E-state index in [1.807, 2.05) is 60.8 Å². The van der Waals surface area contributed by atoms with Crippen molar-refractivity contribution >= 4 is 51.3 Å². The van der Waals surface area contributed by atoms with Gasteiger partial charge >= 0.3 is 0 Å². The Bertz CT molecular complexity index is 1230. The number of fused-ring (bicyclic) bond motifs is 1. The standard InChI is InChI=1S/C24H23N3O3S2/c1-16-14-31-24(25-16)32-15-20-19-4-2-3-5-21(19)30-22(20)23(28)26-17-6-8-18(9-7-17)27-10-12-29-13-11-27/h2-9,14H,10-13,15H2,1H3,(H,26,28). The average Bonchev–Trinajstić information content (AvgIpc) is 3.42. The van der Waals surface area contributed by atoms with Crippen molar-refractivity contribution in [2.75, 3.05) is 36.5 Å². The van der Waals surface area contributed by atoms with Crippen molar-refractivity contribution in [1.82, 2.24) is 4.98 Å². The van der Waals surface area contributed by atoms with E-state index in [-0.39, 0.29) is 5.91 Å². The molecule has 0 saturated carbocycles. The fourth-order valence-electron chi connectivity index (χ4n) is 3.72. The molecule has 5 rings (SSSR count). The molecule has 6 nitrogen and oxygen atoms in total. The van der Waals surface area contributed by atoms with Crippen LogP contribution >= 0.6 is 23.1 Å². The molecule has 3 heterocycles. The van der Waals surface area contributed by atoms with Crippen molar-refractivity contribution in [2.45, 2.75) is 17.0 Å². The molecule has 164 valence electrons. The maximum Gasteiger partial charge on any atom is 0.291 e. The zero-order valence-corrected chi connectivity index (χ0v) is 19.3. The number of rotatable bonds is 6. The van der Waals surface area contributed by atoms with Gasteiger partial charge in [0.15, 0.2) is 5.76 Å². The van der Waals surface area contributed by atoms with Crippen LogP contribution in [0.2, 0.25) is 0 Å². The maximum atomic E-state index is 13.2. The van der Waals surface area contributed by atoms with E-state index in [1.165, 1.54) is 0 Å². The van der Waals surface area contributed by atoms with Crippen molar-refractivity contribution in [3.05, 3.63) is 70.9 Å². The summed E-state index contributed by atoms with van der Waals surface area (Å²) in [5.41, 5.74) is 4.48. The fourth-order valence-corrected chi connectivity index (χ4v) is 5.60. The molecule has 0 aliphatic carbocycles. The zero-order chi connectivity index (χ0) is 21.9. The van der Waals surface area contributed by atoms with Gasteiger partial charge in [0, 0.05) is 52.2 Å². The number of nitrogens with zero attached hydrogens (tertiary/aromatic N) is 2. The SMILES string of the molecule is Cc1csc(SCc2c(C(=O)Nc3ccc(N4CCOCC4)cc3)oc3ccccc23)n1. The highest BCUT2D eigenvalue weighted by molar-refractivity contribution is 8.00. The molecule has 2 aromatic carbocycles. The van der Waals surface area contributed by atoms with E-state index in [9.17, 15) is 4.79 Å². The van der Waals surface area contributed by atoms with E-state index in [0.29, 0.717) is 17.1 Å². The van der Waals surface area contributed by atoms with Crippen molar-refractivity contribution in [3.8, 4) is 0 Å². The van der Waals surface area contributed by atoms with Crippen LogP contribution in [0.1, 0.15) is 21.8 Å². The third kappa shape index (κ3) is 4.53. The Kier molecular flexibility index (Phi) is 6.16. The van der Waals surface area contributed by atoms with Crippen LogP contribution in [-0.2, 0) is 10.5 Å². The molecule has 32 heavy (non-hydrogen) atoms. The third-order valence-electron chi connectivity index (χ3n) is 5.34. The highest BCUT2D eigenvalue weighted by atomic mass is 32.2. The number of aromatic nitrogens is 1. The number of furan rings is 1. The normalized spacial score (nSPS) is 14.1. The summed E-state index contributed by atoms with van der Waals surface area (Å²) in [6.07, 6.45) is 0. The molecule has 1 aliphatic rings. The van der Waals surface area contributed by atoms with Gasteiger partial charge in [-0.3, -0.25) is 4.79 Å². The summed E-state index contributed by atoms with van der Waals surface area (Å²) < 4.78 is 12.4. The van der Waals surface area contributed by atoms with Gasteiger partial charge in [0.05, 0.1) is 13.2 Å². The van der Waals surface area contributed by atoms with E-state index < -0.39 is 0 Å². The van der Waals surface area contributed by atoms with Crippen LogP contribution in [0.5, 0.6) is 0 Å². The Labute approximate surface area is 194 Å².